The van der Waals surface area contributed by atoms with Crippen molar-refractivity contribution in [3.63, 3.8) is 0 Å². The number of benzene rings is 1. The third kappa shape index (κ3) is 3.70. The van der Waals surface area contributed by atoms with Crippen molar-refractivity contribution in [2.45, 2.75) is 6.42 Å². The molecule has 0 unspecified atom stereocenters. The summed E-state index contributed by atoms with van der Waals surface area (Å²) in [5, 5.41) is 11.5. The lowest BCUT2D eigenvalue weighted by Gasteiger charge is -2.06. The normalized spacial score (nSPS) is 11.3. The molecular weight excluding hydrogens is 242 g/mol. The van der Waals surface area contributed by atoms with Crippen LogP contribution in [0.15, 0.2) is 53.9 Å². The first-order valence-corrected chi connectivity index (χ1v) is 5.89. The molecule has 98 valence electrons. The lowest BCUT2D eigenvalue weighted by molar-refractivity contribution is 0.318. The summed E-state index contributed by atoms with van der Waals surface area (Å²) in [6.07, 6.45) is 4.37. The van der Waals surface area contributed by atoms with Crippen LogP contribution in [0.4, 0.5) is 0 Å². The lowest BCUT2D eigenvalue weighted by Crippen LogP contribution is -2.12. The molecule has 3 N–H and O–H groups in total. The molecule has 0 saturated heterocycles. The fraction of sp³-hybridized carbons (Fsp3) is 0.143. The van der Waals surface area contributed by atoms with E-state index in [4.69, 9.17) is 15.7 Å². The van der Waals surface area contributed by atoms with Gasteiger partial charge in [-0.15, -0.1) is 0 Å². The zero-order valence-electron chi connectivity index (χ0n) is 10.4. The average Bonchev–Trinajstić information content (AvgIpc) is 2.48. The second-order valence-corrected chi connectivity index (χ2v) is 3.97. The van der Waals surface area contributed by atoms with Gasteiger partial charge in [-0.05, 0) is 35.9 Å². The van der Waals surface area contributed by atoms with Gasteiger partial charge in [-0.3, -0.25) is 4.98 Å². The zero-order chi connectivity index (χ0) is 13.5. The van der Waals surface area contributed by atoms with E-state index in [0.29, 0.717) is 12.2 Å². The van der Waals surface area contributed by atoms with Crippen LogP contribution in [0, 0.1) is 0 Å². The van der Waals surface area contributed by atoms with Crippen LogP contribution in [0.5, 0.6) is 5.75 Å². The van der Waals surface area contributed by atoms with Gasteiger partial charge in [0.05, 0.1) is 6.61 Å². The minimum absolute atomic E-state index is 0.0851. The van der Waals surface area contributed by atoms with Gasteiger partial charge in [0.15, 0.2) is 5.84 Å². The number of ether oxygens (including phenoxy) is 1. The van der Waals surface area contributed by atoms with Crippen LogP contribution in [0.1, 0.15) is 11.1 Å². The molecular formula is C14H15N3O2. The van der Waals surface area contributed by atoms with Crippen LogP contribution in [-0.4, -0.2) is 22.6 Å². The van der Waals surface area contributed by atoms with Crippen molar-refractivity contribution < 1.29 is 9.94 Å². The lowest BCUT2D eigenvalue weighted by atomic mass is 10.2. The quantitative estimate of drug-likeness (QED) is 0.370. The molecule has 0 aliphatic rings. The molecule has 0 atom stereocenters. The van der Waals surface area contributed by atoms with E-state index in [1.54, 1.807) is 30.5 Å². The maximum absolute atomic E-state index is 8.55. The molecule has 1 aromatic carbocycles. The predicted molar refractivity (Wildman–Crippen MR) is 72.4 cm³/mol. The Morgan fingerprint density at radius 3 is 2.68 bits per heavy atom. The Morgan fingerprint density at radius 1 is 1.26 bits per heavy atom. The van der Waals surface area contributed by atoms with Crippen molar-refractivity contribution >= 4 is 5.84 Å². The molecule has 0 saturated carbocycles. The fourth-order valence-corrected chi connectivity index (χ4v) is 1.61. The number of oxime groups is 1. The largest absolute Gasteiger partial charge is 0.493 e. The average molecular weight is 257 g/mol. The highest BCUT2D eigenvalue weighted by molar-refractivity contribution is 5.97. The van der Waals surface area contributed by atoms with Crippen molar-refractivity contribution in [3.8, 4) is 5.75 Å². The second kappa shape index (κ2) is 6.39. The number of hydrogen-bond donors (Lipinski definition) is 2. The summed E-state index contributed by atoms with van der Waals surface area (Å²) in [5.74, 6) is 0.834. The summed E-state index contributed by atoms with van der Waals surface area (Å²) in [4.78, 5) is 4.04. The van der Waals surface area contributed by atoms with Gasteiger partial charge in [0.25, 0.3) is 0 Å². The maximum Gasteiger partial charge on any atom is 0.170 e. The van der Waals surface area contributed by atoms with Gasteiger partial charge in [-0.2, -0.15) is 0 Å². The first-order valence-electron chi connectivity index (χ1n) is 5.89. The molecule has 0 fully saturated rings. The smallest absolute Gasteiger partial charge is 0.170 e. The molecule has 0 amide bonds. The third-order valence-electron chi connectivity index (χ3n) is 2.64. The van der Waals surface area contributed by atoms with E-state index in [1.165, 1.54) is 0 Å². The van der Waals surface area contributed by atoms with Gasteiger partial charge in [-0.25, -0.2) is 0 Å². The number of nitrogens with zero attached hydrogens (tertiary/aromatic N) is 2. The van der Waals surface area contributed by atoms with Crippen molar-refractivity contribution in [1.82, 2.24) is 4.98 Å². The molecule has 0 radical (unpaired) electrons. The number of aromatic nitrogens is 1. The first-order chi connectivity index (χ1) is 9.29. The van der Waals surface area contributed by atoms with Crippen LogP contribution in [0.3, 0.4) is 0 Å². The Morgan fingerprint density at radius 2 is 2.05 bits per heavy atom. The molecule has 0 aliphatic heterocycles. The van der Waals surface area contributed by atoms with Gasteiger partial charge in [0, 0.05) is 24.4 Å². The molecule has 2 rings (SSSR count). The zero-order valence-corrected chi connectivity index (χ0v) is 10.4. The van der Waals surface area contributed by atoms with E-state index in [-0.39, 0.29) is 5.84 Å². The van der Waals surface area contributed by atoms with Gasteiger partial charge in [-0.1, -0.05) is 11.2 Å². The number of pyridine rings is 1. The van der Waals surface area contributed by atoms with Crippen molar-refractivity contribution in [3.05, 3.63) is 59.9 Å². The minimum atomic E-state index is 0.0851. The van der Waals surface area contributed by atoms with Crippen LogP contribution < -0.4 is 10.5 Å². The third-order valence-corrected chi connectivity index (χ3v) is 2.64. The van der Waals surface area contributed by atoms with Crippen LogP contribution >= 0.6 is 0 Å². The Labute approximate surface area is 111 Å². The molecule has 2 aromatic rings. The molecule has 19 heavy (non-hydrogen) atoms. The molecule has 1 heterocycles. The van der Waals surface area contributed by atoms with Crippen molar-refractivity contribution in [1.29, 1.82) is 0 Å². The number of amidine groups is 1. The molecule has 1 aromatic heterocycles. The monoisotopic (exact) mass is 257 g/mol. The summed E-state index contributed by atoms with van der Waals surface area (Å²) in [7, 11) is 0. The first kappa shape index (κ1) is 12.9. The number of rotatable bonds is 5. The highest BCUT2D eigenvalue weighted by Crippen LogP contribution is 2.12. The minimum Gasteiger partial charge on any atom is -0.493 e. The summed E-state index contributed by atoms with van der Waals surface area (Å²) in [6.45, 7) is 0.578. The van der Waals surface area contributed by atoms with Crippen molar-refractivity contribution in [2.24, 2.45) is 10.9 Å². The van der Waals surface area contributed by atoms with E-state index in [1.807, 2.05) is 18.3 Å². The standard InChI is InChI=1S/C14H15N3O2/c15-14(17-18)12-3-5-13(6-4-12)19-9-7-11-2-1-8-16-10-11/h1-6,8,10,18H,7,9H2,(H2,15,17). The Balaban J connectivity index is 1.87. The van der Waals surface area contributed by atoms with Gasteiger partial charge < -0.3 is 15.7 Å². The summed E-state index contributed by atoms with van der Waals surface area (Å²) < 4.78 is 5.61. The highest BCUT2D eigenvalue weighted by Gasteiger charge is 2.00. The fourth-order valence-electron chi connectivity index (χ4n) is 1.61. The molecule has 0 aliphatic carbocycles. The van der Waals surface area contributed by atoms with Crippen LogP contribution in [0.25, 0.3) is 0 Å². The predicted octanol–water partition coefficient (Wildman–Crippen LogP) is 1.80. The highest BCUT2D eigenvalue weighted by atomic mass is 16.5. The van der Waals surface area contributed by atoms with Gasteiger partial charge in [0.1, 0.15) is 5.75 Å². The van der Waals surface area contributed by atoms with Crippen LogP contribution in [-0.2, 0) is 6.42 Å². The molecule has 5 heteroatoms. The number of nitrogens with two attached hydrogens (primary N) is 1. The molecule has 0 spiro atoms. The second-order valence-electron chi connectivity index (χ2n) is 3.97. The van der Waals surface area contributed by atoms with E-state index < -0.39 is 0 Å². The summed E-state index contributed by atoms with van der Waals surface area (Å²) in [5.41, 5.74) is 7.26. The van der Waals surface area contributed by atoms with Gasteiger partial charge >= 0.3 is 0 Å². The molecule has 5 nitrogen and oxygen atoms in total. The Kier molecular flexibility index (Phi) is 4.34. The SMILES string of the molecule is NC(=NO)c1ccc(OCCc2cccnc2)cc1. The maximum atomic E-state index is 8.55. The summed E-state index contributed by atoms with van der Waals surface area (Å²) in [6, 6.07) is 11.0. The number of hydrogen-bond acceptors (Lipinski definition) is 4. The van der Waals surface area contributed by atoms with E-state index >= 15 is 0 Å². The Hall–Kier alpha value is -2.56. The molecule has 0 bridgehead atoms. The topological polar surface area (TPSA) is 80.7 Å². The van der Waals surface area contributed by atoms with E-state index in [0.717, 1.165) is 17.7 Å². The summed E-state index contributed by atoms with van der Waals surface area (Å²) >= 11 is 0. The van der Waals surface area contributed by atoms with E-state index in [9.17, 15) is 0 Å². The van der Waals surface area contributed by atoms with E-state index in [2.05, 4.69) is 10.1 Å². The van der Waals surface area contributed by atoms with Crippen molar-refractivity contribution in [2.75, 3.05) is 6.61 Å². The van der Waals surface area contributed by atoms with Crippen LogP contribution in [0.2, 0.25) is 0 Å². The Bertz CT molecular complexity index is 538. The van der Waals surface area contributed by atoms with Gasteiger partial charge in [0.2, 0.25) is 0 Å².